The van der Waals surface area contributed by atoms with Crippen molar-refractivity contribution >= 4 is 47.3 Å². The lowest BCUT2D eigenvalue weighted by atomic mass is 9.93. The average molecular weight is 936 g/mol. The summed E-state index contributed by atoms with van der Waals surface area (Å²) < 4.78 is 0. The number of aromatic hydroxyl groups is 1. The van der Waals surface area contributed by atoms with Crippen molar-refractivity contribution in [3.05, 3.63) is 29.8 Å². The van der Waals surface area contributed by atoms with Crippen molar-refractivity contribution in [1.29, 1.82) is 0 Å². The van der Waals surface area contributed by atoms with E-state index in [0.717, 1.165) is 31.2 Å². The summed E-state index contributed by atoms with van der Waals surface area (Å²) in [7, 11) is 0. The van der Waals surface area contributed by atoms with E-state index in [0.29, 0.717) is 64.5 Å². The van der Waals surface area contributed by atoms with Gasteiger partial charge < -0.3 is 53.4 Å². The predicted octanol–water partition coefficient (Wildman–Crippen LogP) is 1.57. The molecular weight excluding hydrogens is 859 g/mol. The number of nitrogens with one attached hydrogen (secondary N) is 8. The number of phenols is 1. The highest BCUT2D eigenvalue weighted by molar-refractivity contribution is 5.87. The third-order valence-electron chi connectivity index (χ3n) is 13.9. The summed E-state index contributed by atoms with van der Waals surface area (Å²) >= 11 is 0. The highest BCUT2D eigenvalue weighted by atomic mass is 16.3. The zero-order chi connectivity index (χ0) is 48.8. The number of carbonyl (C=O) groups is 8. The molecular formula is C49H77N9O9. The molecule has 8 amide bonds. The maximum atomic E-state index is 14.0. The summed E-state index contributed by atoms with van der Waals surface area (Å²) in [6, 6.07) is 3.85. The molecule has 67 heavy (non-hydrogen) atoms. The summed E-state index contributed by atoms with van der Waals surface area (Å²) in [5.74, 6) is -4.18. The molecule has 3 aliphatic carbocycles. The zero-order valence-electron chi connectivity index (χ0n) is 40.1. The third kappa shape index (κ3) is 16.2. The van der Waals surface area contributed by atoms with Crippen LogP contribution in [0.15, 0.2) is 24.3 Å². The minimum Gasteiger partial charge on any atom is -0.508 e. The molecule has 11 N–H and O–H groups in total. The van der Waals surface area contributed by atoms with E-state index >= 15 is 0 Å². The van der Waals surface area contributed by atoms with Gasteiger partial charge in [0.15, 0.2) is 0 Å². The Kier molecular flexibility index (Phi) is 19.8. The molecule has 4 fully saturated rings. The van der Waals surface area contributed by atoms with Crippen molar-refractivity contribution in [1.82, 2.24) is 42.5 Å². The van der Waals surface area contributed by atoms with E-state index in [9.17, 15) is 43.5 Å². The van der Waals surface area contributed by atoms with Crippen molar-refractivity contribution in [2.75, 3.05) is 19.6 Å². The number of amides is 8. The van der Waals surface area contributed by atoms with Gasteiger partial charge in [0, 0.05) is 69.6 Å². The summed E-state index contributed by atoms with van der Waals surface area (Å²) in [5.41, 5.74) is 6.31. The Hall–Kier alpha value is -5.26. The minimum atomic E-state index is -0.616. The third-order valence-corrected chi connectivity index (χ3v) is 13.9. The maximum Gasteiger partial charge on any atom is 0.226 e. The molecule has 11 atom stereocenters. The Morgan fingerprint density at radius 2 is 1.18 bits per heavy atom. The molecule has 4 aliphatic rings. The fourth-order valence-electron chi connectivity index (χ4n) is 10.7. The Morgan fingerprint density at radius 3 is 1.78 bits per heavy atom. The van der Waals surface area contributed by atoms with Crippen molar-refractivity contribution in [3.63, 3.8) is 0 Å². The molecule has 8 unspecified atom stereocenters. The second-order valence-corrected chi connectivity index (χ2v) is 20.4. The standard InChI is InChI=1S/C49H77N9O9/c1-27(2)19-31(24-52-46(64)35-9-6-12-39(35)53-29(5)59)45(63)57-40-13-8-11-37(40)48(66)58-41-14-7-10-36(41)47(65)54-32(20-28(3)4)23-44(62)56-42-26-51-25-38(42)49(67)55-33(22-43(50)61)21-30-15-17-34(60)18-16-30/h15-18,27-28,31-33,35-42,51,60H,6-14,19-26H2,1-5H3,(H2,50,61)(H,52,64)(H,53,59)(H,54,65)(H,55,67)(H,56,62)(H,57,63)(H,58,66)/t31-,32-,33-,35?,36?,37?,38?,39?,40?,41?,42?/m0/s1. The van der Waals surface area contributed by atoms with Crippen LogP contribution in [0.5, 0.6) is 5.75 Å². The first-order valence-electron chi connectivity index (χ1n) is 24.7. The van der Waals surface area contributed by atoms with Gasteiger partial charge in [0.2, 0.25) is 47.3 Å². The highest BCUT2D eigenvalue weighted by Gasteiger charge is 2.41. The van der Waals surface area contributed by atoms with E-state index in [1.807, 2.05) is 27.7 Å². The minimum absolute atomic E-state index is 0.00718. The van der Waals surface area contributed by atoms with Crippen LogP contribution in [0.3, 0.4) is 0 Å². The van der Waals surface area contributed by atoms with Crippen molar-refractivity contribution < 1.29 is 43.5 Å². The van der Waals surface area contributed by atoms with Gasteiger partial charge in [0.05, 0.1) is 35.6 Å². The molecule has 1 aromatic carbocycles. The van der Waals surface area contributed by atoms with Gasteiger partial charge >= 0.3 is 0 Å². The first kappa shape index (κ1) is 52.7. The summed E-state index contributed by atoms with van der Waals surface area (Å²) in [4.78, 5) is 106. The van der Waals surface area contributed by atoms with Gasteiger partial charge in [0.25, 0.3) is 0 Å². The number of carbonyl (C=O) groups excluding carboxylic acids is 8. The fourth-order valence-corrected chi connectivity index (χ4v) is 10.7. The summed E-state index contributed by atoms with van der Waals surface area (Å²) in [6.45, 7) is 10.3. The van der Waals surface area contributed by atoms with Crippen LogP contribution < -0.4 is 48.3 Å². The van der Waals surface area contributed by atoms with Gasteiger partial charge in [-0.25, -0.2) is 0 Å². The predicted molar refractivity (Wildman–Crippen MR) is 251 cm³/mol. The van der Waals surface area contributed by atoms with Crippen molar-refractivity contribution in [3.8, 4) is 5.75 Å². The first-order valence-corrected chi connectivity index (χ1v) is 24.7. The maximum absolute atomic E-state index is 14.0. The van der Waals surface area contributed by atoms with Crippen LogP contribution in [0.2, 0.25) is 0 Å². The van der Waals surface area contributed by atoms with Crippen LogP contribution in [0.4, 0.5) is 0 Å². The normalized spacial score (nSPS) is 26.0. The monoisotopic (exact) mass is 936 g/mol. The number of phenolic OH excluding ortho intramolecular Hbond substituents is 1. The number of benzene rings is 1. The Balaban J connectivity index is 1.13. The Morgan fingerprint density at radius 1 is 0.627 bits per heavy atom. The Labute approximate surface area is 395 Å². The lowest BCUT2D eigenvalue weighted by Gasteiger charge is -2.28. The molecule has 1 heterocycles. The molecule has 18 heteroatoms. The number of nitrogens with two attached hydrogens (primary N) is 1. The van der Waals surface area contributed by atoms with Gasteiger partial charge in [-0.05, 0) is 87.3 Å². The number of primary amides is 1. The van der Waals surface area contributed by atoms with Crippen LogP contribution in [0, 0.1) is 41.4 Å². The van der Waals surface area contributed by atoms with Gasteiger partial charge in [-0.15, -0.1) is 0 Å². The molecule has 372 valence electrons. The number of hydrogen-bond acceptors (Lipinski definition) is 10. The van der Waals surface area contributed by atoms with E-state index in [4.69, 9.17) is 5.73 Å². The topological polar surface area (TPSA) is 279 Å². The second kappa shape index (κ2) is 25.2. The smallest absolute Gasteiger partial charge is 0.226 e. The second-order valence-electron chi connectivity index (χ2n) is 20.4. The van der Waals surface area contributed by atoms with Crippen molar-refractivity contribution in [2.24, 2.45) is 47.2 Å². The SMILES string of the molecule is CC(=O)NC1CCCC1C(=O)NC[C@H](CC(C)C)C(=O)NC1CCCC1C(=O)NC1CCCC1C(=O)N[C@H](CC(=O)NC1CNCC1C(=O)N[C@H](CC(N)=O)Cc1ccc(O)cc1)CC(C)C. The fraction of sp³-hybridized carbons (Fsp3) is 0.714. The lowest BCUT2D eigenvalue weighted by Crippen LogP contribution is -2.52. The Bertz CT molecular complexity index is 1890. The average Bonchev–Trinajstić information content (AvgIpc) is 4.08. The van der Waals surface area contributed by atoms with Crippen molar-refractivity contribution in [2.45, 2.75) is 161 Å². The molecule has 18 nitrogen and oxygen atoms in total. The lowest BCUT2D eigenvalue weighted by molar-refractivity contribution is -0.130. The number of rotatable bonds is 23. The first-order chi connectivity index (χ1) is 31.9. The quantitative estimate of drug-likeness (QED) is 0.0757. The van der Waals surface area contributed by atoms with Crippen LogP contribution in [-0.4, -0.2) is 108 Å². The van der Waals surface area contributed by atoms with Gasteiger partial charge in [0.1, 0.15) is 5.75 Å². The zero-order valence-corrected chi connectivity index (χ0v) is 40.1. The van der Waals surface area contributed by atoms with E-state index in [2.05, 4.69) is 42.5 Å². The molecule has 1 aromatic rings. The summed E-state index contributed by atoms with van der Waals surface area (Å²) in [5, 5.41) is 34.1. The van der Waals surface area contributed by atoms with E-state index in [1.165, 1.54) is 19.1 Å². The molecule has 0 bridgehead atoms. The summed E-state index contributed by atoms with van der Waals surface area (Å²) in [6.07, 6.45) is 7.49. The van der Waals surface area contributed by atoms with Crippen LogP contribution in [0.1, 0.15) is 124 Å². The van der Waals surface area contributed by atoms with Crippen LogP contribution >= 0.6 is 0 Å². The molecule has 1 saturated heterocycles. The van der Waals surface area contributed by atoms with E-state index in [1.54, 1.807) is 12.1 Å². The van der Waals surface area contributed by atoms with Gasteiger partial charge in [-0.1, -0.05) is 59.1 Å². The highest BCUT2D eigenvalue weighted by Crippen LogP contribution is 2.31. The van der Waals surface area contributed by atoms with E-state index in [-0.39, 0.29) is 96.3 Å². The molecule has 0 spiro atoms. The molecule has 1 aliphatic heterocycles. The number of hydrogen-bond donors (Lipinski definition) is 10. The van der Waals surface area contributed by atoms with Gasteiger partial charge in [-0.3, -0.25) is 38.4 Å². The molecule has 0 aromatic heterocycles. The largest absolute Gasteiger partial charge is 0.508 e. The molecule has 3 saturated carbocycles. The van der Waals surface area contributed by atoms with Gasteiger partial charge in [-0.2, -0.15) is 0 Å². The molecule has 5 rings (SSSR count). The van der Waals surface area contributed by atoms with Crippen LogP contribution in [-0.2, 0) is 44.8 Å². The van der Waals surface area contributed by atoms with E-state index < -0.39 is 53.7 Å². The van der Waals surface area contributed by atoms with Crippen LogP contribution in [0.25, 0.3) is 0 Å². The molecule has 0 radical (unpaired) electrons.